The molecule has 7 nitrogen and oxygen atoms in total. The summed E-state index contributed by atoms with van der Waals surface area (Å²) in [5, 5.41) is 19.3. The standard InChI is InChI=1S/C30H35N5O2/c1-20-11-12-23-21(13-15-30(2,3)36)7-4-9-24(23)27(20)37-28-25(10-6-17-32-28)26-14-18-33-29(35-26)34-22-8-5-16-31-19-22/h4,6-7,9-12,14,17-18,22,31,36H,5,8,13,15-16,19H2,1-3H3,(H,33,34,35)/t22-/m0/s1. The number of nitrogens with one attached hydrogen (secondary N) is 2. The maximum atomic E-state index is 10.2. The van der Waals surface area contributed by atoms with Crippen molar-refractivity contribution in [3.63, 3.8) is 0 Å². The van der Waals surface area contributed by atoms with E-state index in [0.29, 0.717) is 24.3 Å². The van der Waals surface area contributed by atoms with E-state index in [2.05, 4.69) is 50.9 Å². The quantitative estimate of drug-likeness (QED) is 0.289. The van der Waals surface area contributed by atoms with Gasteiger partial charge in [-0.05, 0) is 87.7 Å². The molecule has 0 radical (unpaired) electrons. The fraction of sp³-hybridized carbons (Fsp3) is 0.367. The topological polar surface area (TPSA) is 92.2 Å². The second-order valence-electron chi connectivity index (χ2n) is 10.4. The molecule has 0 aliphatic carbocycles. The zero-order chi connectivity index (χ0) is 25.8. The number of hydrogen-bond acceptors (Lipinski definition) is 7. The van der Waals surface area contributed by atoms with E-state index in [4.69, 9.17) is 9.72 Å². The fourth-order valence-electron chi connectivity index (χ4n) is 4.80. The van der Waals surface area contributed by atoms with Crippen LogP contribution < -0.4 is 15.4 Å². The second kappa shape index (κ2) is 10.8. The Balaban J connectivity index is 1.47. The molecule has 0 saturated carbocycles. The number of aryl methyl sites for hydroxylation is 2. The van der Waals surface area contributed by atoms with Gasteiger partial charge in [0, 0.05) is 30.4 Å². The Labute approximate surface area is 218 Å². The summed E-state index contributed by atoms with van der Waals surface area (Å²) < 4.78 is 6.55. The molecule has 0 amide bonds. The highest BCUT2D eigenvalue weighted by molar-refractivity contribution is 5.92. The predicted octanol–water partition coefficient (Wildman–Crippen LogP) is 5.66. The van der Waals surface area contributed by atoms with E-state index in [0.717, 1.165) is 65.7 Å². The second-order valence-corrected chi connectivity index (χ2v) is 10.4. The molecule has 1 saturated heterocycles. The molecular weight excluding hydrogens is 462 g/mol. The number of anilines is 1. The Kier molecular flexibility index (Phi) is 7.35. The van der Waals surface area contributed by atoms with Gasteiger partial charge in [-0.25, -0.2) is 15.0 Å². The lowest BCUT2D eigenvalue weighted by molar-refractivity contribution is 0.0715. The first-order valence-corrected chi connectivity index (χ1v) is 13.0. The van der Waals surface area contributed by atoms with Crippen LogP contribution in [-0.4, -0.2) is 44.8 Å². The lowest BCUT2D eigenvalue weighted by Gasteiger charge is -2.23. The minimum Gasteiger partial charge on any atom is -0.437 e. The van der Waals surface area contributed by atoms with Gasteiger partial charge in [0.25, 0.3) is 0 Å². The van der Waals surface area contributed by atoms with E-state index in [1.54, 1.807) is 12.4 Å². The minimum absolute atomic E-state index is 0.317. The van der Waals surface area contributed by atoms with Gasteiger partial charge in [0.05, 0.1) is 16.9 Å². The lowest BCUT2D eigenvalue weighted by Crippen LogP contribution is -2.38. The summed E-state index contributed by atoms with van der Waals surface area (Å²) in [6.45, 7) is 7.71. The molecule has 4 aromatic rings. The summed E-state index contributed by atoms with van der Waals surface area (Å²) in [6, 6.07) is 16.6. The molecule has 2 aromatic carbocycles. The number of benzene rings is 2. The number of piperidine rings is 1. The van der Waals surface area contributed by atoms with E-state index in [1.165, 1.54) is 5.56 Å². The van der Waals surface area contributed by atoms with Crippen molar-refractivity contribution in [1.29, 1.82) is 0 Å². The first kappa shape index (κ1) is 25.1. The molecule has 0 unspecified atom stereocenters. The summed E-state index contributed by atoms with van der Waals surface area (Å²) in [5.41, 5.74) is 3.07. The smallest absolute Gasteiger partial charge is 0.228 e. The number of aliphatic hydroxyl groups is 1. The van der Waals surface area contributed by atoms with Crippen molar-refractivity contribution in [2.24, 2.45) is 0 Å². The van der Waals surface area contributed by atoms with Crippen molar-refractivity contribution < 1.29 is 9.84 Å². The molecule has 3 N–H and O–H groups in total. The average Bonchev–Trinajstić information content (AvgIpc) is 2.89. The van der Waals surface area contributed by atoms with Gasteiger partial charge >= 0.3 is 0 Å². The van der Waals surface area contributed by atoms with E-state index in [-0.39, 0.29) is 0 Å². The third-order valence-electron chi connectivity index (χ3n) is 6.84. The number of ether oxygens (including phenoxy) is 1. The molecule has 37 heavy (non-hydrogen) atoms. The summed E-state index contributed by atoms with van der Waals surface area (Å²) in [4.78, 5) is 13.8. The van der Waals surface area contributed by atoms with Crippen LogP contribution in [0.15, 0.2) is 60.9 Å². The predicted molar refractivity (Wildman–Crippen MR) is 148 cm³/mol. The van der Waals surface area contributed by atoms with Crippen LogP contribution in [-0.2, 0) is 6.42 Å². The summed E-state index contributed by atoms with van der Waals surface area (Å²) >= 11 is 0. The third kappa shape index (κ3) is 6.06. The maximum absolute atomic E-state index is 10.2. The first-order chi connectivity index (χ1) is 17.9. The SMILES string of the molecule is Cc1ccc2c(CCC(C)(C)O)cccc2c1Oc1ncccc1-c1ccnc(N[C@H]2CCCNC2)n1. The molecule has 192 valence electrons. The first-order valence-electron chi connectivity index (χ1n) is 13.0. The van der Waals surface area contributed by atoms with Gasteiger partial charge in [0.2, 0.25) is 11.8 Å². The van der Waals surface area contributed by atoms with Crippen LogP contribution in [0.25, 0.3) is 22.0 Å². The highest BCUT2D eigenvalue weighted by Crippen LogP contribution is 2.38. The molecule has 0 spiro atoms. The van der Waals surface area contributed by atoms with Crippen LogP contribution in [0.4, 0.5) is 5.95 Å². The Morgan fingerprint density at radius 2 is 1.95 bits per heavy atom. The Bertz CT molecular complexity index is 1380. The normalized spacial score (nSPS) is 16.1. The summed E-state index contributed by atoms with van der Waals surface area (Å²) in [6.07, 6.45) is 7.21. The van der Waals surface area contributed by atoms with Gasteiger partial charge in [-0.15, -0.1) is 0 Å². The van der Waals surface area contributed by atoms with Crippen molar-refractivity contribution >= 4 is 16.7 Å². The van der Waals surface area contributed by atoms with Gasteiger partial charge < -0.3 is 20.5 Å². The van der Waals surface area contributed by atoms with Crippen LogP contribution >= 0.6 is 0 Å². The molecule has 1 fully saturated rings. The zero-order valence-electron chi connectivity index (χ0n) is 21.8. The number of pyridine rings is 1. The summed E-state index contributed by atoms with van der Waals surface area (Å²) in [7, 11) is 0. The molecule has 1 aliphatic rings. The van der Waals surface area contributed by atoms with Crippen LogP contribution in [0.1, 0.15) is 44.2 Å². The molecule has 3 heterocycles. The molecular formula is C30H35N5O2. The van der Waals surface area contributed by atoms with E-state index >= 15 is 0 Å². The van der Waals surface area contributed by atoms with Gasteiger partial charge in [-0.3, -0.25) is 0 Å². The van der Waals surface area contributed by atoms with Crippen LogP contribution in [0.3, 0.4) is 0 Å². The van der Waals surface area contributed by atoms with E-state index in [9.17, 15) is 5.11 Å². The van der Waals surface area contributed by atoms with Crippen molar-refractivity contribution in [1.82, 2.24) is 20.3 Å². The molecule has 0 bridgehead atoms. The largest absolute Gasteiger partial charge is 0.437 e. The van der Waals surface area contributed by atoms with Crippen molar-refractivity contribution in [3.8, 4) is 22.9 Å². The fourth-order valence-corrected chi connectivity index (χ4v) is 4.80. The van der Waals surface area contributed by atoms with E-state index < -0.39 is 5.60 Å². The highest BCUT2D eigenvalue weighted by atomic mass is 16.5. The molecule has 1 atom stereocenters. The van der Waals surface area contributed by atoms with Crippen molar-refractivity contribution in [2.75, 3.05) is 18.4 Å². The lowest BCUT2D eigenvalue weighted by atomic mass is 9.94. The number of aromatic nitrogens is 3. The van der Waals surface area contributed by atoms with Crippen LogP contribution in [0.2, 0.25) is 0 Å². The minimum atomic E-state index is -0.714. The van der Waals surface area contributed by atoms with Crippen molar-refractivity contribution in [2.45, 2.75) is 58.1 Å². The number of hydrogen-bond donors (Lipinski definition) is 3. The maximum Gasteiger partial charge on any atom is 0.228 e. The van der Waals surface area contributed by atoms with Gasteiger partial charge in [-0.2, -0.15) is 0 Å². The molecule has 2 aromatic heterocycles. The third-order valence-corrected chi connectivity index (χ3v) is 6.84. The van der Waals surface area contributed by atoms with Crippen LogP contribution in [0, 0.1) is 6.92 Å². The average molecular weight is 498 g/mol. The zero-order valence-corrected chi connectivity index (χ0v) is 21.8. The number of rotatable bonds is 8. The Morgan fingerprint density at radius 3 is 2.76 bits per heavy atom. The monoisotopic (exact) mass is 497 g/mol. The highest BCUT2D eigenvalue weighted by Gasteiger charge is 2.18. The number of nitrogens with zero attached hydrogens (tertiary/aromatic N) is 3. The van der Waals surface area contributed by atoms with Gasteiger partial charge in [0.15, 0.2) is 0 Å². The Morgan fingerprint density at radius 1 is 1.05 bits per heavy atom. The van der Waals surface area contributed by atoms with Crippen LogP contribution in [0.5, 0.6) is 11.6 Å². The van der Waals surface area contributed by atoms with Gasteiger partial charge in [-0.1, -0.05) is 30.3 Å². The Hall–Kier alpha value is -3.55. The van der Waals surface area contributed by atoms with E-state index in [1.807, 2.05) is 39.0 Å². The van der Waals surface area contributed by atoms with Crippen molar-refractivity contribution in [3.05, 3.63) is 72.1 Å². The molecule has 7 heteroatoms. The number of fused-ring (bicyclic) bond motifs is 1. The molecule has 5 rings (SSSR count). The van der Waals surface area contributed by atoms with Gasteiger partial charge in [0.1, 0.15) is 5.75 Å². The summed E-state index contributed by atoms with van der Waals surface area (Å²) in [5.74, 6) is 1.89. The molecule has 1 aliphatic heterocycles.